The van der Waals surface area contributed by atoms with Crippen LogP contribution in [-0.4, -0.2) is 35.7 Å². The van der Waals surface area contributed by atoms with Gasteiger partial charge in [0, 0.05) is 5.25 Å². The van der Waals surface area contributed by atoms with Crippen molar-refractivity contribution in [2.45, 2.75) is 76.5 Å². The second kappa shape index (κ2) is 9.67. The number of hydrogen-bond donors (Lipinski definition) is 1. The maximum Gasteiger partial charge on any atom is 0.326 e. The van der Waals surface area contributed by atoms with Crippen molar-refractivity contribution in [3.8, 4) is 0 Å². The summed E-state index contributed by atoms with van der Waals surface area (Å²) < 4.78 is 5.35. The van der Waals surface area contributed by atoms with Crippen LogP contribution in [0.15, 0.2) is 0 Å². The lowest BCUT2D eigenvalue weighted by atomic mass is 9.81. The molecule has 20 heavy (non-hydrogen) atoms. The van der Waals surface area contributed by atoms with Gasteiger partial charge in [0.25, 0.3) is 0 Å². The average molecular weight is 301 g/mol. The van der Waals surface area contributed by atoms with E-state index in [4.69, 9.17) is 4.74 Å². The number of esters is 1. The quantitative estimate of drug-likeness (QED) is 0.520. The molecule has 1 rings (SSSR count). The first kappa shape index (κ1) is 17.8. The maximum absolute atomic E-state index is 12.4. The molecule has 2 unspecified atom stereocenters. The molecule has 0 amide bonds. The molecule has 0 saturated heterocycles. The molecule has 1 N–H and O–H groups in total. The Hall–Kier alpha value is -0.220. The molecule has 0 radical (unpaired) electrons. The fourth-order valence-electron chi connectivity index (χ4n) is 2.81. The standard InChI is InChI=1S/C16H31NO2S/c1-4-7-12-20-14-9-8-10-16(13-14,17-11-5-2)15(18)19-6-3/h14,17H,4-13H2,1-3H3. The number of unbranched alkanes of at least 4 members (excludes halogenated alkanes) is 1. The van der Waals surface area contributed by atoms with Gasteiger partial charge in [-0.05, 0) is 57.7 Å². The van der Waals surface area contributed by atoms with Crippen LogP contribution in [-0.2, 0) is 9.53 Å². The Labute approximate surface area is 128 Å². The lowest BCUT2D eigenvalue weighted by Crippen LogP contribution is -2.56. The van der Waals surface area contributed by atoms with E-state index < -0.39 is 5.54 Å². The highest BCUT2D eigenvalue weighted by atomic mass is 32.2. The Kier molecular flexibility index (Phi) is 8.62. The third kappa shape index (κ3) is 5.28. The molecule has 0 heterocycles. The molecule has 1 aliphatic carbocycles. The van der Waals surface area contributed by atoms with E-state index >= 15 is 0 Å². The van der Waals surface area contributed by atoms with Crippen LogP contribution < -0.4 is 5.32 Å². The van der Waals surface area contributed by atoms with E-state index in [0.29, 0.717) is 11.9 Å². The van der Waals surface area contributed by atoms with Gasteiger partial charge in [0.1, 0.15) is 5.54 Å². The number of carbonyl (C=O) groups is 1. The first-order valence-corrected chi connectivity index (χ1v) is 9.27. The van der Waals surface area contributed by atoms with Crippen molar-refractivity contribution in [1.29, 1.82) is 0 Å². The van der Waals surface area contributed by atoms with E-state index in [2.05, 4.69) is 19.2 Å². The summed E-state index contributed by atoms with van der Waals surface area (Å²) in [4.78, 5) is 12.4. The third-order valence-electron chi connectivity index (χ3n) is 3.94. The summed E-state index contributed by atoms with van der Waals surface area (Å²) in [5, 5.41) is 4.10. The second-order valence-corrected chi connectivity index (χ2v) is 7.08. The minimum atomic E-state index is -0.422. The molecule has 0 bridgehead atoms. The largest absolute Gasteiger partial charge is 0.465 e. The highest BCUT2D eigenvalue weighted by Gasteiger charge is 2.43. The fraction of sp³-hybridized carbons (Fsp3) is 0.938. The number of thioether (sulfide) groups is 1. The molecule has 0 spiro atoms. The summed E-state index contributed by atoms with van der Waals surface area (Å²) >= 11 is 2.05. The number of carbonyl (C=O) groups excluding carboxylic acids is 1. The zero-order chi connectivity index (χ0) is 14.8. The second-order valence-electron chi connectivity index (χ2n) is 5.67. The van der Waals surface area contributed by atoms with E-state index in [0.717, 1.165) is 32.2 Å². The molecular weight excluding hydrogens is 270 g/mol. The van der Waals surface area contributed by atoms with E-state index in [1.165, 1.54) is 25.0 Å². The van der Waals surface area contributed by atoms with E-state index in [1.54, 1.807) is 0 Å². The summed E-state index contributed by atoms with van der Waals surface area (Å²) in [5.41, 5.74) is -0.422. The van der Waals surface area contributed by atoms with Gasteiger partial charge in [-0.3, -0.25) is 4.79 Å². The van der Waals surface area contributed by atoms with Crippen molar-refractivity contribution in [2.24, 2.45) is 0 Å². The van der Waals surface area contributed by atoms with E-state index in [9.17, 15) is 4.79 Å². The number of nitrogens with one attached hydrogen (secondary N) is 1. The summed E-state index contributed by atoms with van der Waals surface area (Å²) in [5.74, 6) is 1.18. The molecule has 2 atom stereocenters. The van der Waals surface area contributed by atoms with E-state index in [1.807, 2.05) is 18.7 Å². The van der Waals surface area contributed by atoms with Crippen LogP contribution in [0.5, 0.6) is 0 Å². The minimum absolute atomic E-state index is 0.0331. The van der Waals surface area contributed by atoms with Crippen LogP contribution in [0.2, 0.25) is 0 Å². The lowest BCUT2D eigenvalue weighted by Gasteiger charge is -2.39. The molecule has 0 aromatic rings. The summed E-state index contributed by atoms with van der Waals surface area (Å²) in [7, 11) is 0. The SMILES string of the molecule is CCCCSC1CCCC(NCCC)(C(=O)OCC)C1. The first-order chi connectivity index (χ1) is 9.68. The lowest BCUT2D eigenvalue weighted by molar-refractivity contribution is -0.152. The predicted molar refractivity (Wildman–Crippen MR) is 87.3 cm³/mol. The molecular formula is C16H31NO2S. The number of rotatable bonds is 9. The zero-order valence-electron chi connectivity index (χ0n) is 13.4. The number of hydrogen-bond acceptors (Lipinski definition) is 4. The summed E-state index contributed by atoms with van der Waals surface area (Å²) in [6, 6.07) is 0. The van der Waals surface area contributed by atoms with Crippen LogP contribution in [0.3, 0.4) is 0 Å². The fourth-order valence-corrected chi connectivity index (χ4v) is 4.34. The summed E-state index contributed by atoms with van der Waals surface area (Å²) in [6.07, 6.45) is 7.79. The summed E-state index contributed by atoms with van der Waals surface area (Å²) in [6.45, 7) is 7.63. The Morgan fingerprint density at radius 2 is 2.15 bits per heavy atom. The van der Waals surface area contributed by atoms with Crippen LogP contribution >= 0.6 is 11.8 Å². The maximum atomic E-state index is 12.4. The van der Waals surface area contributed by atoms with Gasteiger partial charge in [0.05, 0.1) is 6.61 Å². The smallest absolute Gasteiger partial charge is 0.326 e. The first-order valence-electron chi connectivity index (χ1n) is 8.22. The van der Waals surface area contributed by atoms with Gasteiger partial charge < -0.3 is 10.1 Å². The van der Waals surface area contributed by atoms with Gasteiger partial charge in [-0.1, -0.05) is 20.3 Å². The molecule has 1 aliphatic rings. The zero-order valence-corrected chi connectivity index (χ0v) is 14.2. The van der Waals surface area contributed by atoms with Crippen molar-refractivity contribution >= 4 is 17.7 Å². The monoisotopic (exact) mass is 301 g/mol. The van der Waals surface area contributed by atoms with Crippen LogP contribution in [0.25, 0.3) is 0 Å². The van der Waals surface area contributed by atoms with Gasteiger partial charge in [-0.25, -0.2) is 0 Å². The van der Waals surface area contributed by atoms with Crippen LogP contribution in [0.1, 0.15) is 65.7 Å². The number of ether oxygens (including phenoxy) is 1. The Bertz CT molecular complexity index is 286. The molecule has 3 nitrogen and oxygen atoms in total. The van der Waals surface area contributed by atoms with Crippen molar-refractivity contribution in [3.05, 3.63) is 0 Å². The third-order valence-corrected chi connectivity index (χ3v) is 5.33. The van der Waals surface area contributed by atoms with Crippen LogP contribution in [0, 0.1) is 0 Å². The minimum Gasteiger partial charge on any atom is -0.465 e. The normalized spacial score (nSPS) is 26.4. The average Bonchev–Trinajstić information content (AvgIpc) is 2.46. The Balaban J connectivity index is 2.63. The van der Waals surface area contributed by atoms with Crippen molar-refractivity contribution in [2.75, 3.05) is 18.9 Å². The van der Waals surface area contributed by atoms with Crippen molar-refractivity contribution in [3.63, 3.8) is 0 Å². The molecule has 118 valence electrons. The molecule has 1 fully saturated rings. The van der Waals surface area contributed by atoms with Crippen molar-refractivity contribution < 1.29 is 9.53 Å². The topological polar surface area (TPSA) is 38.3 Å². The molecule has 1 saturated carbocycles. The molecule has 0 aliphatic heterocycles. The van der Waals surface area contributed by atoms with Crippen molar-refractivity contribution in [1.82, 2.24) is 5.32 Å². The van der Waals surface area contributed by atoms with Gasteiger partial charge in [0.15, 0.2) is 0 Å². The highest BCUT2D eigenvalue weighted by Crippen LogP contribution is 2.36. The van der Waals surface area contributed by atoms with Gasteiger partial charge in [-0.2, -0.15) is 11.8 Å². The predicted octanol–water partition coefficient (Wildman–Crippen LogP) is 3.76. The van der Waals surface area contributed by atoms with Gasteiger partial charge >= 0.3 is 5.97 Å². The van der Waals surface area contributed by atoms with E-state index in [-0.39, 0.29) is 5.97 Å². The Morgan fingerprint density at radius 1 is 1.35 bits per heavy atom. The van der Waals surface area contributed by atoms with Crippen LogP contribution in [0.4, 0.5) is 0 Å². The van der Waals surface area contributed by atoms with Gasteiger partial charge in [-0.15, -0.1) is 0 Å². The molecule has 0 aromatic carbocycles. The molecule has 0 aromatic heterocycles. The Morgan fingerprint density at radius 3 is 2.80 bits per heavy atom. The highest BCUT2D eigenvalue weighted by molar-refractivity contribution is 7.99. The van der Waals surface area contributed by atoms with Gasteiger partial charge in [0.2, 0.25) is 0 Å². The molecule has 4 heteroatoms.